The lowest BCUT2D eigenvalue weighted by Gasteiger charge is -2.11. The molecule has 0 radical (unpaired) electrons. The van der Waals surface area contributed by atoms with Crippen LogP contribution >= 0.6 is 11.8 Å². The number of hydrogen-bond acceptors (Lipinski definition) is 6. The van der Waals surface area contributed by atoms with Crippen molar-refractivity contribution >= 4 is 28.6 Å². The molecule has 1 aromatic carbocycles. The topological polar surface area (TPSA) is 89.7 Å². The minimum Gasteiger partial charge on any atom is -0.491 e. The average Bonchev–Trinajstić information content (AvgIpc) is 2.98. The Labute approximate surface area is 126 Å². The van der Waals surface area contributed by atoms with E-state index in [1.54, 1.807) is 6.33 Å². The summed E-state index contributed by atoms with van der Waals surface area (Å²) in [5.41, 5.74) is 8.25. The van der Waals surface area contributed by atoms with Gasteiger partial charge in [-0.3, -0.25) is 0 Å². The van der Waals surface area contributed by atoms with Crippen molar-refractivity contribution in [3.05, 3.63) is 30.9 Å². The third-order valence-electron chi connectivity index (χ3n) is 2.88. The van der Waals surface area contributed by atoms with E-state index in [0.717, 1.165) is 21.9 Å². The van der Waals surface area contributed by atoms with Gasteiger partial charge in [0, 0.05) is 4.90 Å². The van der Waals surface area contributed by atoms with E-state index in [1.807, 2.05) is 18.2 Å². The van der Waals surface area contributed by atoms with Gasteiger partial charge in [-0.2, -0.15) is 0 Å². The lowest BCUT2D eigenvalue weighted by atomic mass is 10.3. The first kappa shape index (κ1) is 13.7. The first-order valence-corrected chi connectivity index (χ1v) is 7.44. The first-order valence-electron chi connectivity index (χ1n) is 6.62. The van der Waals surface area contributed by atoms with Crippen LogP contribution in [0.5, 0.6) is 5.75 Å². The van der Waals surface area contributed by atoms with Crippen LogP contribution < -0.4 is 10.5 Å². The normalized spacial score (nSPS) is 10.9. The van der Waals surface area contributed by atoms with Gasteiger partial charge in [-0.05, 0) is 18.6 Å². The van der Waals surface area contributed by atoms with Crippen LogP contribution in [0.2, 0.25) is 0 Å². The SMILES string of the molecule is CCCOc1cccc(Sc2ncnc3nc[nH]c23)c1N. The highest BCUT2D eigenvalue weighted by Crippen LogP contribution is 2.37. The number of aromatic nitrogens is 4. The summed E-state index contributed by atoms with van der Waals surface area (Å²) in [6, 6.07) is 5.75. The molecule has 2 heterocycles. The molecule has 0 saturated heterocycles. The molecule has 0 aliphatic carbocycles. The number of ether oxygens (including phenoxy) is 1. The molecule has 0 atom stereocenters. The van der Waals surface area contributed by atoms with Crippen molar-refractivity contribution < 1.29 is 4.74 Å². The summed E-state index contributed by atoms with van der Waals surface area (Å²) in [5, 5.41) is 0.789. The van der Waals surface area contributed by atoms with E-state index in [4.69, 9.17) is 10.5 Å². The molecule has 0 bridgehead atoms. The van der Waals surface area contributed by atoms with Crippen molar-refractivity contribution in [2.75, 3.05) is 12.3 Å². The Morgan fingerprint density at radius 2 is 2.19 bits per heavy atom. The number of nitrogens with one attached hydrogen (secondary N) is 1. The lowest BCUT2D eigenvalue weighted by Crippen LogP contribution is -2.00. The molecule has 21 heavy (non-hydrogen) atoms. The Kier molecular flexibility index (Phi) is 3.92. The van der Waals surface area contributed by atoms with Crippen molar-refractivity contribution in [1.82, 2.24) is 19.9 Å². The summed E-state index contributed by atoms with van der Waals surface area (Å²) >= 11 is 1.47. The highest BCUT2D eigenvalue weighted by atomic mass is 32.2. The maximum Gasteiger partial charge on any atom is 0.181 e. The fraction of sp³-hybridized carbons (Fsp3) is 0.214. The summed E-state index contributed by atoms with van der Waals surface area (Å²) in [4.78, 5) is 16.5. The minimum atomic E-state index is 0.627. The maximum absolute atomic E-state index is 6.18. The van der Waals surface area contributed by atoms with E-state index in [9.17, 15) is 0 Å². The molecule has 0 aliphatic heterocycles. The van der Waals surface area contributed by atoms with Crippen molar-refractivity contribution in [1.29, 1.82) is 0 Å². The molecule has 3 N–H and O–H groups in total. The lowest BCUT2D eigenvalue weighted by molar-refractivity contribution is 0.318. The van der Waals surface area contributed by atoms with Crippen LogP contribution in [0.4, 0.5) is 5.69 Å². The standard InChI is InChI=1S/C14H15N5OS/c1-2-6-20-9-4-3-5-10(11(9)15)21-14-12-13(17-7-16-12)18-8-19-14/h3-5,7-8H,2,6,15H2,1H3,(H,16,17,18,19). The van der Waals surface area contributed by atoms with Crippen LogP contribution in [-0.2, 0) is 0 Å². The molecule has 0 fully saturated rings. The molecular weight excluding hydrogens is 286 g/mol. The summed E-state index contributed by atoms with van der Waals surface area (Å²) in [6.45, 7) is 2.71. The predicted molar refractivity (Wildman–Crippen MR) is 82.4 cm³/mol. The molecule has 0 saturated carbocycles. The number of hydrogen-bond donors (Lipinski definition) is 2. The van der Waals surface area contributed by atoms with Gasteiger partial charge in [-0.15, -0.1) is 0 Å². The second-order valence-electron chi connectivity index (χ2n) is 4.40. The van der Waals surface area contributed by atoms with Crippen molar-refractivity contribution in [3.8, 4) is 5.75 Å². The Balaban J connectivity index is 1.93. The minimum absolute atomic E-state index is 0.627. The average molecular weight is 301 g/mol. The predicted octanol–water partition coefficient (Wildman–Crippen LogP) is 2.88. The van der Waals surface area contributed by atoms with Gasteiger partial charge < -0.3 is 15.5 Å². The summed E-state index contributed by atoms with van der Waals surface area (Å²) < 4.78 is 5.65. The van der Waals surface area contributed by atoms with E-state index in [2.05, 4.69) is 26.9 Å². The van der Waals surface area contributed by atoms with Crippen LogP contribution in [0.15, 0.2) is 40.8 Å². The number of para-hydroxylation sites is 1. The quantitative estimate of drug-likeness (QED) is 0.556. The second kappa shape index (κ2) is 6.01. The molecule has 2 aromatic heterocycles. The van der Waals surface area contributed by atoms with Gasteiger partial charge in [0.05, 0.1) is 18.6 Å². The Morgan fingerprint density at radius 3 is 3.05 bits per heavy atom. The van der Waals surface area contributed by atoms with Gasteiger partial charge in [-0.1, -0.05) is 24.8 Å². The number of anilines is 1. The van der Waals surface area contributed by atoms with E-state index in [-0.39, 0.29) is 0 Å². The number of rotatable bonds is 5. The Morgan fingerprint density at radius 1 is 1.29 bits per heavy atom. The number of H-pyrrole nitrogens is 1. The molecule has 0 unspecified atom stereocenters. The molecule has 3 aromatic rings. The van der Waals surface area contributed by atoms with Crippen molar-refractivity contribution in [2.45, 2.75) is 23.3 Å². The Bertz CT molecular complexity index is 758. The number of nitrogens with two attached hydrogens (primary N) is 1. The molecule has 3 rings (SSSR count). The van der Waals surface area contributed by atoms with Gasteiger partial charge in [0.15, 0.2) is 5.65 Å². The third-order valence-corrected chi connectivity index (χ3v) is 3.96. The smallest absolute Gasteiger partial charge is 0.181 e. The van der Waals surface area contributed by atoms with Crippen molar-refractivity contribution in [2.24, 2.45) is 0 Å². The first-order chi connectivity index (χ1) is 10.3. The largest absolute Gasteiger partial charge is 0.491 e. The van der Waals surface area contributed by atoms with Gasteiger partial charge in [-0.25, -0.2) is 15.0 Å². The van der Waals surface area contributed by atoms with E-state index < -0.39 is 0 Å². The molecule has 6 nitrogen and oxygen atoms in total. The second-order valence-corrected chi connectivity index (χ2v) is 5.43. The summed E-state index contributed by atoms with van der Waals surface area (Å²) in [7, 11) is 0. The zero-order valence-electron chi connectivity index (χ0n) is 11.5. The van der Waals surface area contributed by atoms with Crippen LogP contribution in [-0.4, -0.2) is 26.5 Å². The molecule has 7 heteroatoms. The maximum atomic E-state index is 6.18. The fourth-order valence-corrected chi connectivity index (χ4v) is 2.79. The highest BCUT2D eigenvalue weighted by molar-refractivity contribution is 7.99. The molecule has 108 valence electrons. The number of aromatic amines is 1. The molecule has 0 amide bonds. The molecule has 0 aliphatic rings. The van der Waals surface area contributed by atoms with Gasteiger partial charge >= 0.3 is 0 Å². The van der Waals surface area contributed by atoms with Gasteiger partial charge in [0.2, 0.25) is 0 Å². The molecule has 0 spiro atoms. The zero-order chi connectivity index (χ0) is 14.7. The number of benzene rings is 1. The number of imidazole rings is 1. The fourth-order valence-electron chi connectivity index (χ4n) is 1.88. The monoisotopic (exact) mass is 301 g/mol. The van der Waals surface area contributed by atoms with E-state index >= 15 is 0 Å². The third kappa shape index (κ3) is 2.78. The van der Waals surface area contributed by atoms with Crippen LogP contribution in [0.1, 0.15) is 13.3 Å². The zero-order valence-corrected chi connectivity index (χ0v) is 12.4. The van der Waals surface area contributed by atoms with Crippen LogP contribution in [0, 0.1) is 0 Å². The van der Waals surface area contributed by atoms with E-state index in [0.29, 0.717) is 23.7 Å². The van der Waals surface area contributed by atoms with Crippen LogP contribution in [0.25, 0.3) is 11.2 Å². The highest BCUT2D eigenvalue weighted by Gasteiger charge is 2.12. The van der Waals surface area contributed by atoms with Gasteiger partial charge in [0.1, 0.15) is 22.6 Å². The molecular formula is C14H15N5OS. The summed E-state index contributed by atoms with van der Waals surface area (Å²) in [6.07, 6.45) is 4.05. The number of fused-ring (bicyclic) bond motifs is 1. The van der Waals surface area contributed by atoms with Gasteiger partial charge in [0.25, 0.3) is 0 Å². The summed E-state index contributed by atoms with van der Waals surface area (Å²) in [5.74, 6) is 0.705. The van der Waals surface area contributed by atoms with Crippen LogP contribution in [0.3, 0.4) is 0 Å². The van der Waals surface area contributed by atoms with E-state index in [1.165, 1.54) is 18.1 Å². The number of nitrogen functional groups attached to an aromatic ring is 1. The number of nitrogens with zero attached hydrogens (tertiary/aromatic N) is 3. The Hall–Kier alpha value is -2.28. The van der Waals surface area contributed by atoms with Crippen molar-refractivity contribution in [3.63, 3.8) is 0 Å².